The zero-order valence-electron chi connectivity index (χ0n) is 7.42. The highest BCUT2D eigenvalue weighted by molar-refractivity contribution is 4.95. The van der Waals surface area contributed by atoms with E-state index >= 15 is 0 Å². The first-order valence-electron chi connectivity index (χ1n) is 5.10. The fourth-order valence-electron chi connectivity index (χ4n) is 2.57. The molecule has 68 valence electrons. The van der Waals surface area contributed by atoms with Gasteiger partial charge in [-0.05, 0) is 31.1 Å². The molecule has 2 aliphatic heterocycles. The van der Waals surface area contributed by atoms with Gasteiger partial charge in [-0.1, -0.05) is 0 Å². The van der Waals surface area contributed by atoms with E-state index in [-0.39, 0.29) is 5.60 Å². The second kappa shape index (κ2) is 2.46. The van der Waals surface area contributed by atoms with Crippen LogP contribution in [0.3, 0.4) is 0 Å². The van der Waals surface area contributed by atoms with Gasteiger partial charge in [0, 0.05) is 13.0 Å². The van der Waals surface area contributed by atoms with Crippen LogP contribution < -0.4 is 0 Å². The van der Waals surface area contributed by atoms with Crippen LogP contribution in [0.2, 0.25) is 0 Å². The van der Waals surface area contributed by atoms with Crippen molar-refractivity contribution < 1.29 is 9.47 Å². The number of rotatable bonds is 0. The van der Waals surface area contributed by atoms with E-state index in [0.29, 0.717) is 0 Å². The highest BCUT2D eigenvalue weighted by Gasteiger charge is 2.46. The summed E-state index contributed by atoms with van der Waals surface area (Å²) in [4.78, 5) is 0. The van der Waals surface area contributed by atoms with E-state index in [1.54, 1.807) is 0 Å². The van der Waals surface area contributed by atoms with E-state index in [9.17, 15) is 0 Å². The van der Waals surface area contributed by atoms with Crippen LogP contribution >= 0.6 is 0 Å². The van der Waals surface area contributed by atoms with Gasteiger partial charge < -0.3 is 9.47 Å². The molecule has 0 aromatic carbocycles. The molecule has 0 N–H and O–H groups in total. The highest BCUT2D eigenvalue weighted by atomic mass is 16.6. The van der Waals surface area contributed by atoms with Crippen LogP contribution in [0.25, 0.3) is 0 Å². The molecule has 1 saturated carbocycles. The lowest BCUT2D eigenvalue weighted by molar-refractivity contribution is -0.0527. The first kappa shape index (κ1) is 7.34. The molecule has 2 heteroatoms. The van der Waals surface area contributed by atoms with Gasteiger partial charge in [0.25, 0.3) is 0 Å². The Labute approximate surface area is 73.2 Å². The lowest BCUT2D eigenvalue weighted by atomic mass is 9.96. The van der Waals surface area contributed by atoms with Gasteiger partial charge in [0.15, 0.2) is 0 Å². The summed E-state index contributed by atoms with van der Waals surface area (Å²) in [6.07, 6.45) is 5.19. The number of hydrogen-bond acceptors (Lipinski definition) is 2. The smallest absolute Gasteiger partial charge is 0.0936 e. The first-order valence-corrected chi connectivity index (χ1v) is 5.10. The molecule has 1 aliphatic carbocycles. The van der Waals surface area contributed by atoms with Gasteiger partial charge >= 0.3 is 0 Å². The Kier molecular flexibility index (Phi) is 1.50. The summed E-state index contributed by atoms with van der Waals surface area (Å²) in [6, 6.07) is 0. The van der Waals surface area contributed by atoms with E-state index in [0.717, 1.165) is 38.1 Å². The molecule has 0 amide bonds. The Morgan fingerprint density at radius 3 is 3.00 bits per heavy atom. The summed E-state index contributed by atoms with van der Waals surface area (Å²) in [5.41, 5.74) is 0.146. The van der Waals surface area contributed by atoms with Gasteiger partial charge in [-0.25, -0.2) is 0 Å². The molecule has 1 spiro atoms. The zero-order chi connectivity index (χ0) is 8.02. The van der Waals surface area contributed by atoms with E-state index in [4.69, 9.17) is 9.47 Å². The summed E-state index contributed by atoms with van der Waals surface area (Å²) >= 11 is 0. The van der Waals surface area contributed by atoms with Crippen molar-refractivity contribution in [1.29, 1.82) is 0 Å². The normalized spacial score (nSPS) is 52.0. The fraction of sp³-hybridized carbons (Fsp3) is 1.00. The van der Waals surface area contributed by atoms with Crippen molar-refractivity contribution >= 4 is 0 Å². The van der Waals surface area contributed by atoms with Gasteiger partial charge in [-0.3, -0.25) is 0 Å². The maximum absolute atomic E-state index is 5.98. The van der Waals surface area contributed by atoms with Crippen molar-refractivity contribution in [3.63, 3.8) is 0 Å². The molecule has 0 aromatic rings. The van der Waals surface area contributed by atoms with Crippen LogP contribution in [0, 0.1) is 11.8 Å². The summed E-state index contributed by atoms with van der Waals surface area (Å²) < 4.78 is 11.4. The van der Waals surface area contributed by atoms with Crippen molar-refractivity contribution in [2.45, 2.75) is 31.3 Å². The molecule has 2 nitrogen and oxygen atoms in total. The Morgan fingerprint density at radius 1 is 1.17 bits per heavy atom. The lowest BCUT2D eigenvalue weighted by Gasteiger charge is -2.26. The molecular formula is C10H16O2. The minimum absolute atomic E-state index is 0.146. The summed E-state index contributed by atoms with van der Waals surface area (Å²) in [7, 11) is 0. The fourth-order valence-corrected chi connectivity index (χ4v) is 2.57. The predicted molar refractivity (Wildman–Crippen MR) is 45.0 cm³/mol. The highest BCUT2D eigenvalue weighted by Crippen LogP contribution is 2.48. The molecule has 2 saturated heterocycles. The van der Waals surface area contributed by atoms with Crippen LogP contribution in [-0.4, -0.2) is 25.4 Å². The van der Waals surface area contributed by atoms with Crippen LogP contribution in [0.5, 0.6) is 0 Å². The molecule has 12 heavy (non-hydrogen) atoms. The second-order valence-electron chi connectivity index (χ2n) is 4.59. The van der Waals surface area contributed by atoms with E-state index in [2.05, 4.69) is 0 Å². The molecule has 0 aromatic heterocycles. The van der Waals surface area contributed by atoms with E-state index < -0.39 is 0 Å². The molecule has 0 unspecified atom stereocenters. The minimum atomic E-state index is 0.146. The number of hydrogen-bond donors (Lipinski definition) is 0. The number of fused-ring (bicyclic) bond motifs is 1. The molecule has 3 aliphatic rings. The first-order chi connectivity index (χ1) is 5.88. The maximum atomic E-state index is 5.98. The molecule has 0 radical (unpaired) electrons. The Hall–Kier alpha value is -0.0800. The van der Waals surface area contributed by atoms with Gasteiger partial charge in [0.05, 0.1) is 18.8 Å². The van der Waals surface area contributed by atoms with Crippen LogP contribution in [0.15, 0.2) is 0 Å². The molecule has 3 rings (SSSR count). The van der Waals surface area contributed by atoms with Crippen molar-refractivity contribution in [2.75, 3.05) is 19.8 Å². The van der Waals surface area contributed by atoms with Gasteiger partial charge in [0.1, 0.15) is 0 Å². The average molecular weight is 168 g/mol. The monoisotopic (exact) mass is 168 g/mol. The second-order valence-corrected chi connectivity index (χ2v) is 4.59. The minimum Gasteiger partial charge on any atom is -0.378 e. The third-order valence-electron chi connectivity index (χ3n) is 3.71. The molecular weight excluding hydrogens is 152 g/mol. The molecule has 2 heterocycles. The third kappa shape index (κ3) is 1.09. The van der Waals surface area contributed by atoms with Crippen LogP contribution in [0.1, 0.15) is 25.7 Å². The quantitative estimate of drug-likeness (QED) is 0.547. The summed E-state index contributed by atoms with van der Waals surface area (Å²) in [6.45, 7) is 2.77. The van der Waals surface area contributed by atoms with Crippen LogP contribution in [-0.2, 0) is 9.47 Å². The Morgan fingerprint density at radius 2 is 2.17 bits per heavy atom. The van der Waals surface area contributed by atoms with Crippen molar-refractivity contribution in [3.8, 4) is 0 Å². The third-order valence-corrected chi connectivity index (χ3v) is 3.71. The van der Waals surface area contributed by atoms with E-state index in [1.165, 1.54) is 19.3 Å². The van der Waals surface area contributed by atoms with Crippen molar-refractivity contribution in [1.82, 2.24) is 0 Å². The topological polar surface area (TPSA) is 18.5 Å². The standard InChI is InChI=1S/C10H16O2/c1-2-10(3-4-11-7-10)12-6-9-5-8(1)9/h8-9H,1-7H2/t8-,9-,10+/m0/s1. The Bertz CT molecular complexity index is 170. The van der Waals surface area contributed by atoms with Gasteiger partial charge in [-0.2, -0.15) is 0 Å². The van der Waals surface area contributed by atoms with Gasteiger partial charge in [-0.15, -0.1) is 0 Å². The molecule has 3 fully saturated rings. The largest absolute Gasteiger partial charge is 0.378 e. The zero-order valence-corrected chi connectivity index (χ0v) is 7.42. The van der Waals surface area contributed by atoms with Crippen molar-refractivity contribution in [2.24, 2.45) is 11.8 Å². The van der Waals surface area contributed by atoms with Gasteiger partial charge in [0.2, 0.25) is 0 Å². The maximum Gasteiger partial charge on any atom is 0.0936 e. The van der Waals surface area contributed by atoms with Crippen molar-refractivity contribution in [3.05, 3.63) is 0 Å². The molecule has 3 atom stereocenters. The lowest BCUT2D eigenvalue weighted by Crippen LogP contribution is -2.32. The summed E-state index contributed by atoms with van der Waals surface area (Å²) in [5, 5.41) is 0. The molecule has 0 bridgehead atoms. The van der Waals surface area contributed by atoms with E-state index in [1.807, 2.05) is 0 Å². The SMILES string of the molecule is C1C[C@]2(CC[C@H]3C[C@H]3CO2)CO1. The number of ether oxygens (including phenoxy) is 2. The average Bonchev–Trinajstić information content (AvgIpc) is 2.70. The summed E-state index contributed by atoms with van der Waals surface area (Å²) in [5.74, 6) is 1.91. The Balaban J connectivity index is 1.71. The van der Waals surface area contributed by atoms with Crippen LogP contribution in [0.4, 0.5) is 0 Å². The predicted octanol–water partition coefficient (Wildman–Crippen LogP) is 1.59.